The third-order valence-corrected chi connectivity index (χ3v) is 2.46. The third kappa shape index (κ3) is 2.50. The van der Waals surface area contributed by atoms with Crippen LogP contribution in [-0.2, 0) is 0 Å². The van der Waals surface area contributed by atoms with E-state index in [2.05, 4.69) is 0 Å². The Hall–Kier alpha value is -0.990. The number of phenols is 1. The average molecular weight is 213 g/mol. The first-order chi connectivity index (χ1) is 6.52. The highest BCUT2D eigenvalue weighted by Gasteiger charge is 2.04. The minimum atomic E-state index is -0.506. The van der Waals surface area contributed by atoms with Gasteiger partial charge in [-0.15, -0.1) is 0 Å². The highest BCUT2D eigenvalue weighted by molar-refractivity contribution is 6.33. The Bertz CT molecular complexity index is 356. The number of aliphatic hydroxyl groups excluding tert-OH is 1. The van der Waals surface area contributed by atoms with Crippen molar-refractivity contribution in [3.8, 4) is 5.75 Å². The summed E-state index contributed by atoms with van der Waals surface area (Å²) in [4.78, 5) is 0. The zero-order chi connectivity index (χ0) is 10.7. The molecule has 0 spiro atoms. The van der Waals surface area contributed by atoms with E-state index in [0.29, 0.717) is 10.6 Å². The number of halogens is 1. The van der Waals surface area contributed by atoms with Crippen LogP contribution in [0.15, 0.2) is 23.8 Å². The van der Waals surface area contributed by atoms with Crippen LogP contribution in [0.1, 0.15) is 19.4 Å². The molecule has 0 aromatic heterocycles. The normalized spacial score (nSPS) is 14.1. The average Bonchev–Trinajstić information content (AvgIpc) is 2.12. The molecule has 2 nitrogen and oxygen atoms in total. The van der Waals surface area contributed by atoms with Gasteiger partial charge in [0.05, 0.1) is 11.1 Å². The van der Waals surface area contributed by atoms with Crippen LogP contribution in [0.3, 0.4) is 0 Å². The van der Waals surface area contributed by atoms with Crippen molar-refractivity contribution in [2.24, 2.45) is 0 Å². The molecule has 0 bridgehead atoms. The fourth-order valence-corrected chi connectivity index (χ4v) is 1.20. The maximum absolute atomic E-state index is 9.33. The topological polar surface area (TPSA) is 40.5 Å². The fourth-order valence-electron chi connectivity index (χ4n) is 1.01. The molecular weight excluding hydrogens is 200 g/mol. The van der Waals surface area contributed by atoms with Crippen LogP contribution in [-0.4, -0.2) is 16.3 Å². The molecule has 0 fully saturated rings. The number of rotatable bonds is 2. The molecule has 14 heavy (non-hydrogen) atoms. The van der Waals surface area contributed by atoms with E-state index in [-0.39, 0.29) is 5.75 Å². The largest absolute Gasteiger partial charge is 0.506 e. The molecule has 76 valence electrons. The van der Waals surface area contributed by atoms with Gasteiger partial charge in [0.1, 0.15) is 5.75 Å². The van der Waals surface area contributed by atoms with E-state index in [0.717, 1.165) is 5.57 Å². The lowest BCUT2D eigenvalue weighted by atomic mass is 10.1. The van der Waals surface area contributed by atoms with Crippen LogP contribution in [0.2, 0.25) is 5.02 Å². The number of benzene rings is 1. The molecule has 0 saturated heterocycles. The Kier molecular flexibility index (Phi) is 3.55. The number of aromatic hydroxyl groups is 1. The van der Waals surface area contributed by atoms with Crippen molar-refractivity contribution in [1.29, 1.82) is 0 Å². The summed E-state index contributed by atoms with van der Waals surface area (Å²) in [6.07, 6.45) is 1.25. The molecule has 1 rings (SSSR count). The minimum absolute atomic E-state index is 0.0545. The molecule has 1 aromatic rings. The molecule has 0 heterocycles. The molecule has 0 saturated carbocycles. The quantitative estimate of drug-likeness (QED) is 0.792. The van der Waals surface area contributed by atoms with Crippen molar-refractivity contribution in [3.63, 3.8) is 0 Å². The Morgan fingerprint density at radius 3 is 2.71 bits per heavy atom. The van der Waals surface area contributed by atoms with Gasteiger partial charge in [-0.3, -0.25) is 0 Å². The predicted molar refractivity (Wildman–Crippen MR) is 58.4 cm³/mol. The second kappa shape index (κ2) is 4.49. The van der Waals surface area contributed by atoms with Gasteiger partial charge in [0, 0.05) is 0 Å². The van der Waals surface area contributed by atoms with E-state index in [1.54, 1.807) is 25.1 Å². The Morgan fingerprint density at radius 2 is 2.14 bits per heavy atom. The second-order valence-corrected chi connectivity index (χ2v) is 3.62. The van der Waals surface area contributed by atoms with Crippen molar-refractivity contribution >= 4 is 17.7 Å². The highest BCUT2D eigenvalue weighted by Crippen LogP contribution is 2.28. The maximum Gasteiger partial charge on any atom is 0.134 e. The van der Waals surface area contributed by atoms with Crippen LogP contribution in [0.25, 0.3) is 6.08 Å². The van der Waals surface area contributed by atoms with Crippen LogP contribution in [0.5, 0.6) is 5.75 Å². The predicted octanol–water partition coefficient (Wildman–Crippen LogP) is 2.83. The first-order valence-corrected chi connectivity index (χ1v) is 4.74. The maximum atomic E-state index is 9.33. The number of hydrogen-bond donors (Lipinski definition) is 2. The highest BCUT2D eigenvalue weighted by atomic mass is 35.5. The first-order valence-electron chi connectivity index (χ1n) is 4.36. The van der Waals surface area contributed by atoms with Gasteiger partial charge in [0.25, 0.3) is 0 Å². The molecule has 3 heteroatoms. The zero-order valence-corrected chi connectivity index (χ0v) is 8.92. The minimum Gasteiger partial charge on any atom is -0.506 e. The van der Waals surface area contributed by atoms with Crippen LogP contribution >= 0.6 is 11.6 Å². The fraction of sp³-hybridized carbons (Fsp3) is 0.273. The van der Waals surface area contributed by atoms with Crippen LogP contribution in [0.4, 0.5) is 0 Å². The summed E-state index contributed by atoms with van der Waals surface area (Å²) in [6, 6.07) is 5.02. The zero-order valence-electron chi connectivity index (χ0n) is 8.16. The van der Waals surface area contributed by atoms with E-state index in [1.165, 1.54) is 6.07 Å². The molecule has 0 aliphatic rings. The van der Waals surface area contributed by atoms with Gasteiger partial charge in [-0.25, -0.2) is 0 Å². The van der Waals surface area contributed by atoms with Crippen molar-refractivity contribution in [2.45, 2.75) is 20.0 Å². The summed E-state index contributed by atoms with van der Waals surface area (Å²) in [5.74, 6) is 0.0545. The van der Waals surface area contributed by atoms with Crippen molar-refractivity contribution in [1.82, 2.24) is 0 Å². The second-order valence-electron chi connectivity index (χ2n) is 3.24. The molecule has 0 amide bonds. The molecule has 0 radical (unpaired) electrons. The Balaban J connectivity index is 3.09. The van der Waals surface area contributed by atoms with Crippen molar-refractivity contribution in [2.75, 3.05) is 0 Å². The van der Waals surface area contributed by atoms with E-state index in [9.17, 15) is 10.2 Å². The summed E-state index contributed by atoms with van der Waals surface area (Å²) in [5, 5.41) is 18.9. The summed E-state index contributed by atoms with van der Waals surface area (Å²) in [7, 11) is 0. The SMILES string of the molecule is C/C(=C\c1cccc(O)c1Cl)C(C)O. The monoisotopic (exact) mass is 212 g/mol. The van der Waals surface area contributed by atoms with E-state index >= 15 is 0 Å². The van der Waals surface area contributed by atoms with Crippen molar-refractivity contribution in [3.05, 3.63) is 34.4 Å². The Labute approximate surface area is 88.5 Å². The van der Waals surface area contributed by atoms with E-state index in [4.69, 9.17) is 11.6 Å². The third-order valence-electron chi connectivity index (χ3n) is 2.05. The van der Waals surface area contributed by atoms with Gasteiger partial charge < -0.3 is 10.2 Å². The number of phenolic OH excluding ortho intramolecular Hbond substituents is 1. The van der Waals surface area contributed by atoms with Gasteiger partial charge in [0.2, 0.25) is 0 Å². The van der Waals surface area contributed by atoms with Gasteiger partial charge in [-0.2, -0.15) is 0 Å². The first kappa shape index (κ1) is 11.1. The Morgan fingerprint density at radius 1 is 1.50 bits per heavy atom. The molecule has 2 N–H and O–H groups in total. The standard InChI is InChI=1S/C11H13ClO2/c1-7(8(2)13)6-9-4-3-5-10(14)11(9)12/h3-6,8,13-14H,1-2H3/b7-6+. The lowest BCUT2D eigenvalue weighted by Crippen LogP contribution is -2.00. The smallest absolute Gasteiger partial charge is 0.134 e. The number of aliphatic hydroxyl groups is 1. The summed E-state index contributed by atoms with van der Waals surface area (Å²) in [6.45, 7) is 3.49. The lowest BCUT2D eigenvalue weighted by molar-refractivity contribution is 0.232. The molecule has 0 aliphatic carbocycles. The summed E-state index contributed by atoms with van der Waals surface area (Å²) >= 11 is 5.87. The van der Waals surface area contributed by atoms with Crippen molar-refractivity contribution < 1.29 is 10.2 Å². The lowest BCUT2D eigenvalue weighted by Gasteiger charge is -2.06. The molecule has 1 unspecified atom stereocenters. The van der Waals surface area contributed by atoms with Crippen LogP contribution < -0.4 is 0 Å². The number of hydrogen-bond acceptors (Lipinski definition) is 2. The van der Waals surface area contributed by atoms with Gasteiger partial charge in [0.15, 0.2) is 0 Å². The van der Waals surface area contributed by atoms with E-state index < -0.39 is 6.10 Å². The van der Waals surface area contributed by atoms with Gasteiger partial charge >= 0.3 is 0 Å². The van der Waals surface area contributed by atoms with Crippen LogP contribution in [0, 0.1) is 0 Å². The molecule has 1 aromatic carbocycles. The molecule has 0 aliphatic heterocycles. The molecular formula is C11H13ClO2. The summed E-state index contributed by atoms with van der Waals surface area (Å²) < 4.78 is 0. The van der Waals surface area contributed by atoms with Gasteiger partial charge in [-0.05, 0) is 31.1 Å². The molecule has 1 atom stereocenters. The summed E-state index contributed by atoms with van der Waals surface area (Å²) in [5.41, 5.74) is 1.52. The van der Waals surface area contributed by atoms with E-state index in [1.807, 2.05) is 6.92 Å². The van der Waals surface area contributed by atoms with Gasteiger partial charge in [-0.1, -0.05) is 29.8 Å².